The van der Waals surface area contributed by atoms with Crippen molar-refractivity contribution >= 4 is 11.7 Å². The zero-order valence-electron chi connectivity index (χ0n) is 15.7. The molecule has 144 valence electrons. The third-order valence-electron chi connectivity index (χ3n) is 4.94. The lowest BCUT2D eigenvalue weighted by atomic mass is 9.94. The minimum atomic E-state index is -0.243. The Kier molecular flexibility index (Phi) is 6.16. The number of ether oxygens (including phenoxy) is 2. The first-order chi connectivity index (χ1) is 13.1. The fourth-order valence-corrected chi connectivity index (χ4v) is 3.51. The standard InChI is InChI=1S/C21H25FN2O3/c1-26-19-8-5-7-18(20(19)27-2)23-21(25)24-13-4-3-6-16(14-24)15-9-11-17(22)12-10-15/h5,7-12,16H,3-4,6,13-14H2,1-2H3,(H,23,25)/t16-/m0/s1. The molecular formula is C21H25FN2O3. The Morgan fingerprint density at radius 1 is 1.11 bits per heavy atom. The highest BCUT2D eigenvalue weighted by molar-refractivity contribution is 5.91. The number of amides is 2. The Labute approximate surface area is 159 Å². The number of anilines is 1. The molecule has 0 spiro atoms. The third kappa shape index (κ3) is 4.51. The molecule has 27 heavy (non-hydrogen) atoms. The van der Waals surface area contributed by atoms with Crippen molar-refractivity contribution in [3.8, 4) is 11.5 Å². The molecule has 1 heterocycles. The number of nitrogens with zero attached hydrogens (tertiary/aromatic N) is 1. The molecule has 6 heteroatoms. The molecule has 0 aromatic heterocycles. The van der Waals surface area contributed by atoms with Gasteiger partial charge < -0.3 is 19.7 Å². The van der Waals surface area contributed by atoms with E-state index in [1.807, 2.05) is 17.0 Å². The summed E-state index contributed by atoms with van der Waals surface area (Å²) in [6, 6.07) is 11.8. The molecule has 1 aliphatic rings. The van der Waals surface area contributed by atoms with Crippen LogP contribution in [0.3, 0.4) is 0 Å². The lowest BCUT2D eigenvalue weighted by Gasteiger charge is -2.25. The molecule has 2 aromatic carbocycles. The molecule has 1 aliphatic heterocycles. The first kappa shape index (κ1) is 19.0. The minimum Gasteiger partial charge on any atom is -0.493 e. The lowest BCUT2D eigenvalue weighted by molar-refractivity contribution is 0.211. The molecule has 0 unspecified atom stereocenters. The van der Waals surface area contributed by atoms with Crippen molar-refractivity contribution in [2.45, 2.75) is 25.2 Å². The number of para-hydroxylation sites is 1. The van der Waals surface area contributed by atoms with E-state index in [9.17, 15) is 9.18 Å². The van der Waals surface area contributed by atoms with Crippen LogP contribution in [0.1, 0.15) is 30.7 Å². The van der Waals surface area contributed by atoms with E-state index in [1.165, 1.54) is 12.1 Å². The molecule has 2 aromatic rings. The van der Waals surface area contributed by atoms with Crippen molar-refractivity contribution in [1.82, 2.24) is 4.90 Å². The molecule has 1 fully saturated rings. The van der Waals surface area contributed by atoms with Gasteiger partial charge in [0.05, 0.1) is 19.9 Å². The predicted molar refractivity (Wildman–Crippen MR) is 103 cm³/mol. The number of halogens is 1. The van der Waals surface area contributed by atoms with Gasteiger partial charge in [0, 0.05) is 19.0 Å². The minimum absolute atomic E-state index is 0.171. The maximum Gasteiger partial charge on any atom is 0.321 e. The number of rotatable bonds is 4. The van der Waals surface area contributed by atoms with Crippen LogP contribution in [0.2, 0.25) is 0 Å². The van der Waals surface area contributed by atoms with Gasteiger partial charge in [-0.25, -0.2) is 9.18 Å². The number of benzene rings is 2. The van der Waals surface area contributed by atoms with E-state index in [-0.39, 0.29) is 17.8 Å². The second kappa shape index (κ2) is 8.75. The van der Waals surface area contributed by atoms with Crippen molar-refractivity contribution in [2.75, 3.05) is 32.6 Å². The van der Waals surface area contributed by atoms with Crippen molar-refractivity contribution < 1.29 is 18.7 Å². The molecular weight excluding hydrogens is 347 g/mol. The molecule has 0 aliphatic carbocycles. The van der Waals surface area contributed by atoms with Gasteiger partial charge in [0.15, 0.2) is 11.5 Å². The summed E-state index contributed by atoms with van der Waals surface area (Å²) in [7, 11) is 3.11. The first-order valence-corrected chi connectivity index (χ1v) is 9.14. The van der Waals surface area contributed by atoms with Crippen molar-refractivity contribution in [3.63, 3.8) is 0 Å². The summed E-state index contributed by atoms with van der Waals surface area (Å²) in [5.41, 5.74) is 1.64. The topological polar surface area (TPSA) is 50.8 Å². The number of methoxy groups -OCH3 is 2. The number of hydrogen-bond donors (Lipinski definition) is 1. The maximum absolute atomic E-state index is 13.2. The summed E-state index contributed by atoms with van der Waals surface area (Å²) in [6.07, 6.45) is 2.96. The van der Waals surface area contributed by atoms with E-state index in [0.29, 0.717) is 30.3 Å². The second-order valence-electron chi connectivity index (χ2n) is 6.66. The van der Waals surface area contributed by atoms with E-state index in [1.54, 1.807) is 32.4 Å². The maximum atomic E-state index is 13.2. The SMILES string of the molecule is COc1cccc(NC(=O)N2CCCC[C@H](c3ccc(F)cc3)C2)c1OC. The predicted octanol–water partition coefficient (Wildman–Crippen LogP) is 4.64. The van der Waals surface area contributed by atoms with Crippen molar-refractivity contribution in [2.24, 2.45) is 0 Å². The zero-order chi connectivity index (χ0) is 19.2. The molecule has 1 saturated heterocycles. The van der Waals surface area contributed by atoms with E-state index in [4.69, 9.17) is 9.47 Å². The van der Waals surface area contributed by atoms with Gasteiger partial charge in [0.2, 0.25) is 0 Å². The average Bonchev–Trinajstić information content (AvgIpc) is 2.94. The van der Waals surface area contributed by atoms with Crippen LogP contribution in [0, 0.1) is 5.82 Å². The Hall–Kier alpha value is -2.76. The van der Waals surface area contributed by atoms with Crippen LogP contribution in [-0.2, 0) is 0 Å². The summed E-state index contributed by atoms with van der Waals surface area (Å²) >= 11 is 0. The van der Waals surface area contributed by atoms with E-state index in [0.717, 1.165) is 24.8 Å². The zero-order valence-corrected chi connectivity index (χ0v) is 15.7. The Bertz CT molecular complexity index is 779. The summed E-state index contributed by atoms with van der Waals surface area (Å²) in [5.74, 6) is 1.02. The van der Waals surface area contributed by atoms with Crippen LogP contribution in [0.4, 0.5) is 14.9 Å². The number of hydrogen-bond acceptors (Lipinski definition) is 3. The fraction of sp³-hybridized carbons (Fsp3) is 0.381. The van der Waals surface area contributed by atoms with Crippen LogP contribution in [0.5, 0.6) is 11.5 Å². The van der Waals surface area contributed by atoms with Crippen molar-refractivity contribution in [1.29, 1.82) is 0 Å². The second-order valence-corrected chi connectivity index (χ2v) is 6.66. The van der Waals surface area contributed by atoms with Crippen LogP contribution in [0.15, 0.2) is 42.5 Å². The smallest absolute Gasteiger partial charge is 0.321 e. The van der Waals surface area contributed by atoms with Crippen LogP contribution in [0.25, 0.3) is 0 Å². The van der Waals surface area contributed by atoms with Gasteiger partial charge in [-0.3, -0.25) is 0 Å². The van der Waals surface area contributed by atoms with Gasteiger partial charge in [0.25, 0.3) is 0 Å². The number of likely N-dealkylation sites (tertiary alicyclic amines) is 1. The number of carbonyl (C=O) groups is 1. The molecule has 3 rings (SSSR count). The van der Waals surface area contributed by atoms with Gasteiger partial charge in [-0.1, -0.05) is 24.6 Å². The lowest BCUT2D eigenvalue weighted by Crippen LogP contribution is -2.37. The highest BCUT2D eigenvalue weighted by Crippen LogP contribution is 2.35. The average molecular weight is 372 g/mol. The Morgan fingerprint density at radius 3 is 2.59 bits per heavy atom. The van der Waals surface area contributed by atoms with Gasteiger partial charge in [-0.15, -0.1) is 0 Å². The molecule has 0 radical (unpaired) electrons. The highest BCUT2D eigenvalue weighted by atomic mass is 19.1. The molecule has 5 nitrogen and oxygen atoms in total. The third-order valence-corrected chi connectivity index (χ3v) is 4.94. The van der Waals surface area contributed by atoms with Gasteiger partial charge >= 0.3 is 6.03 Å². The first-order valence-electron chi connectivity index (χ1n) is 9.14. The summed E-state index contributed by atoms with van der Waals surface area (Å²) in [6.45, 7) is 1.29. The van der Waals surface area contributed by atoms with Crippen LogP contribution < -0.4 is 14.8 Å². The van der Waals surface area contributed by atoms with Gasteiger partial charge in [-0.05, 0) is 42.7 Å². The van der Waals surface area contributed by atoms with Gasteiger partial charge in [0.1, 0.15) is 5.82 Å². The highest BCUT2D eigenvalue weighted by Gasteiger charge is 2.24. The molecule has 0 saturated carbocycles. The monoisotopic (exact) mass is 372 g/mol. The van der Waals surface area contributed by atoms with E-state index >= 15 is 0 Å². The Morgan fingerprint density at radius 2 is 1.89 bits per heavy atom. The molecule has 1 N–H and O–H groups in total. The molecule has 1 atom stereocenters. The summed E-state index contributed by atoms with van der Waals surface area (Å²) < 4.78 is 23.9. The molecule has 0 bridgehead atoms. The number of urea groups is 1. The summed E-state index contributed by atoms with van der Waals surface area (Å²) in [4.78, 5) is 14.7. The van der Waals surface area contributed by atoms with Gasteiger partial charge in [-0.2, -0.15) is 0 Å². The van der Waals surface area contributed by atoms with E-state index < -0.39 is 0 Å². The van der Waals surface area contributed by atoms with Crippen molar-refractivity contribution in [3.05, 3.63) is 53.8 Å². The number of nitrogens with one attached hydrogen (secondary N) is 1. The molecule has 2 amide bonds. The quantitative estimate of drug-likeness (QED) is 0.850. The summed E-state index contributed by atoms with van der Waals surface area (Å²) in [5, 5.41) is 2.94. The Balaban J connectivity index is 1.75. The normalized spacial score (nSPS) is 17.1. The largest absolute Gasteiger partial charge is 0.493 e. The fourth-order valence-electron chi connectivity index (χ4n) is 3.51. The number of carbonyl (C=O) groups excluding carboxylic acids is 1. The van der Waals surface area contributed by atoms with Crippen LogP contribution in [-0.4, -0.2) is 38.2 Å². The van der Waals surface area contributed by atoms with E-state index in [2.05, 4.69) is 5.32 Å². The van der Waals surface area contributed by atoms with Crippen LogP contribution >= 0.6 is 0 Å².